The molecular formula is C19H17F4N3O2S. The largest absolute Gasteiger partial charge is 0.573 e. The molecule has 10 heteroatoms. The maximum atomic E-state index is 14.2. The number of ether oxygens (including phenoxy) is 1. The summed E-state index contributed by atoms with van der Waals surface area (Å²) in [7, 11) is 0. The molecular weight excluding hydrogens is 410 g/mol. The van der Waals surface area contributed by atoms with Gasteiger partial charge in [-0.05, 0) is 55.3 Å². The van der Waals surface area contributed by atoms with Gasteiger partial charge >= 0.3 is 6.36 Å². The van der Waals surface area contributed by atoms with Crippen LogP contribution in [-0.4, -0.2) is 23.2 Å². The first-order chi connectivity index (χ1) is 13.6. The summed E-state index contributed by atoms with van der Waals surface area (Å²) in [4.78, 5) is 16.8. The van der Waals surface area contributed by atoms with Crippen LogP contribution in [0.4, 0.5) is 23.2 Å². The number of thioether (sulfide) groups is 1. The number of nitrogens with zero attached hydrogens (tertiary/aromatic N) is 1. The number of nitrogens with two attached hydrogens (primary N) is 1. The van der Waals surface area contributed by atoms with Gasteiger partial charge in [0.05, 0.1) is 11.2 Å². The van der Waals surface area contributed by atoms with Crippen LogP contribution in [0.1, 0.15) is 29.3 Å². The monoisotopic (exact) mass is 427 g/mol. The van der Waals surface area contributed by atoms with Crippen LogP contribution in [0.3, 0.4) is 0 Å². The number of carbonyl (C=O) groups is 1. The number of benzene rings is 2. The Morgan fingerprint density at radius 3 is 2.55 bits per heavy atom. The number of alkyl halides is 3. The first kappa shape index (κ1) is 21.0. The molecule has 0 bridgehead atoms. The molecule has 1 aliphatic rings. The zero-order chi connectivity index (χ0) is 21.2. The number of hydrogen-bond acceptors (Lipinski definition) is 5. The zero-order valence-electron chi connectivity index (χ0n) is 15.2. The lowest BCUT2D eigenvalue weighted by Crippen LogP contribution is -2.29. The van der Waals surface area contributed by atoms with Crippen LogP contribution in [0.15, 0.2) is 47.5 Å². The van der Waals surface area contributed by atoms with Crippen molar-refractivity contribution in [3.8, 4) is 5.75 Å². The molecule has 0 spiro atoms. The number of anilines is 1. The Hall–Kier alpha value is -2.75. The summed E-state index contributed by atoms with van der Waals surface area (Å²) < 4.78 is 54.7. The molecule has 3 rings (SSSR count). The summed E-state index contributed by atoms with van der Waals surface area (Å²) in [5, 5.41) is 2.88. The quantitative estimate of drug-likeness (QED) is 0.697. The van der Waals surface area contributed by atoms with Crippen LogP contribution in [0, 0.1) is 5.82 Å². The van der Waals surface area contributed by atoms with E-state index in [9.17, 15) is 22.4 Å². The first-order valence-electron chi connectivity index (χ1n) is 8.51. The van der Waals surface area contributed by atoms with Crippen LogP contribution in [-0.2, 0) is 5.54 Å². The molecule has 29 heavy (non-hydrogen) atoms. The van der Waals surface area contributed by atoms with Gasteiger partial charge in [-0.15, -0.1) is 13.2 Å². The summed E-state index contributed by atoms with van der Waals surface area (Å²) in [5.41, 5.74) is 5.85. The van der Waals surface area contributed by atoms with Crippen molar-refractivity contribution in [2.75, 3.05) is 11.1 Å². The van der Waals surface area contributed by atoms with Crippen LogP contribution in [0.5, 0.6) is 5.75 Å². The maximum absolute atomic E-state index is 14.2. The van der Waals surface area contributed by atoms with Gasteiger partial charge in [0.2, 0.25) is 0 Å². The SMILES string of the molecule is CC1(c2ccc(F)c(NC(=O)c3ccc(OC(F)(F)F)cc3)c2)CCSC(N)=N1. The third-order valence-electron chi connectivity index (χ3n) is 4.38. The third kappa shape index (κ3) is 5.20. The molecule has 1 heterocycles. The van der Waals surface area contributed by atoms with Gasteiger partial charge in [-0.3, -0.25) is 9.79 Å². The number of carbonyl (C=O) groups excluding carboxylic acids is 1. The van der Waals surface area contributed by atoms with Gasteiger partial charge in [0.1, 0.15) is 11.6 Å². The number of nitrogens with one attached hydrogen (secondary N) is 1. The average molecular weight is 427 g/mol. The van der Waals surface area contributed by atoms with Gasteiger partial charge in [0.25, 0.3) is 5.91 Å². The van der Waals surface area contributed by atoms with Crippen molar-refractivity contribution >= 4 is 28.5 Å². The predicted octanol–water partition coefficient (Wildman–Crippen LogP) is 4.64. The number of aliphatic imine (C=N–C) groups is 1. The zero-order valence-corrected chi connectivity index (χ0v) is 16.0. The van der Waals surface area contributed by atoms with Gasteiger partial charge < -0.3 is 15.8 Å². The van der Waals surface area contributed by atoms with E-state index in [0.717, 1.165) is 30.0 Å². The van der Waals surface area contributed by atoms with Crippen molar-refractivity contribution in [3.63, 3.8) is 0 Å². The predicted molar refractivity (Wildman–Crippen MR) is 104 cm³/mol. The summed E-state index contributed by atoms with van der Waals surface area (Å²) >= 11 is 1.44. The lowest BCUT2D eigenvalue weighted by atomic mass is 9.89. The van der Waals surface area contributed by atoms with Crippen LogP contribution in [0.25, 0.3) is 0 Å². The van der Waals surface area contributed by atoms with Crippen molar-refractivity contribution in [1.29, 1.82) is 0 Å². The summed E-state index contributed by atoms with van der Waals surface area (Å²) in [5.74, 6) is -1.02. The summed E-state index contributed by atoms with van der Waals surface area (Å²) in [6, 6.07) is 8.62. The highest BCUT2D eigenvalue weighted by molar-refractivity contribution is 8.13. The number of amides is 1. The molecule has 3 N–H and O–H groups in total. The Kier molecular flexibility index (Phi) is 5.74. The van der Waals surface area contributed by atoms with Gasteiger partial charge in [-0.2, -0.15) is 0 Å². The summed E-state index contributed by atoms with van der Waals surface area (Å²) in [6.45, 7) is 1.87. The average Bonchev–Trinajstić information content (AvgIpc) is 2.62. The highest BCUT2D eigenvalue weighted by atomic mass is 32.2. The lowest BCUT2D eigenvalue weighted by Gasteiger charge is -2.30. The van der Waals surface area contributed by atoms with E-state index in [1.807, 2.05) is 6.92 Å². The molecule has 1 atom stereocenters. The van der Waals surface area contributed by atoms with Crippen LogP contribution in [0.2, 0.25) is 0 Å². The van der Waals surface area contributed by atoms with E-state index >= 15 is 0 Å². The topological polar surface area (TPSA) is 76.7 Å². The minimum atomic E-state index is -4.83. The Balaban J connectivity index is 1.79. The van der Waals surface area contributed by atoms with Gasteiger partial charge in [0.15, 0.2) is 5.17 Å². The Morgan fingerprint density at radius 2 is 1.93 bits per heavy atom. The molecule has 0 fully saturated rings. The molecule has 1 aliphatic heterocycles. The van der Waals surface area contributed by atoms with E-state index in [0.29, 0.717) is 17.2 Å². The number of hydrogen-bond donors (Lipinski definition) is 2. The van der Waals surface area contributed by atoms with E-state index in [4.69, 9.17) is 5.73 Å². The third-order valence-corrected chi connectivity index (χ3v) is 5.18. The Morgan fingerprint density at radius 1 is 1.24 bits per heavy atom. The fraction of sp³-hybridized carbons (Fsp3) is 0.263. The molecule has 2 aromatic carbocycles. The molecule has 154 valence electrons. The molecule has 1 unspecified atom stereocenters. The van der Waals surface area contributed by atoms with Crippen LogP contribution >= 0.6 is 11.8 Å². The fourth-order valence-corrected chi connectivity index (χ4v) is 3.83. The Labute approximate surface area is 168 Å². The number of amidine groups is 1. The molecule has 0 saturated carbocycles. The second-order valence-electron chi connectivity index (χ2n) is 6.54. The Bertz CT molecular complexity index is 947. The smallest absolute Gasteiger partial charge is 0.406 e. The van der Waals surface area contributed by atoms with E-state index in [1.165, 1.54) is 23.9 Å². The van der Waals surface area contributed by atoms with E-state index in [1.54, 1.807) is 6.07 Å². The van der Waals surface area contributed by atoms with Gasteiger partial charge in [-0.25, -0.2) is 4.39 Å². The van der Waals surface area contributed by atoms with Gasteiger partial charge in [0, 0.05) is 11.3 Å². The van der Waals surface area contributed by atoms with Crippen molar-refractivity contribution < 1.29 is 27.1 Å². The number of rotatable bonds is 4. The molecule has 0 radical (unpaired) electrons. The number of halogens is 4. The second kappa shape index (κ2) is 7.94. The van der Waals surface area contributed by atoms with E-state index in [-0.39, 0.29) is 11.3 Å². The van der Waals surface area contributed by atoms with Crippen LogP contribution < -0.4 is 15.8 Å². The van der Waals surface area contributed by atoms with Crippen molar-refractivity contribution in [2.45, 2.75) is 25.2 Å². The normalized spacial score (nSPS) is 19.4. The summed E-state index contributed by atoms with van der Waals surface area (Å²) in [6.07, 6.45) is -4.13. The van der Waals surface area contributed by atoms with Crippen molar-refractivity contribution in [2.24, 2.45) is 10.7 Å². The minimum absolute atomic E-state index is 0.0480. The van der Waals surface area contributed by atoms with E-state index < -0.39 is 29.4 Å². The van der Waals surface area contributed by atoms with Crippen molar-refractivity contribution in [1.82, 2.24) is 0 Å². The standard InChI is InChI=1S/C19H17F4N3O2S/c1-18(8-9-29-17(24)26-18)12-4-7-14(20)15(10-12)25-16(27)11-2-5-13(6-3-11)28-19(21,22)23/h2-7,10H,8-9H2,1H3,(H2,24,26)(H,25,27). The minimum Gasteiger partial charge on any atom is -0.406 e. The molecule has 0 aromatic heterocycles. The fourth-order valence-electron chi connectivity index (χ4n) is 2.85. The molecule has 1 amide bonds. The second-order valence-corrected chi connectivity index (χ2v) is 7.66. The van der Waals surface area contributed by atoms with Gasteiger partial charge in [-0.1, -0.05) is 17.8 Å². The van der Waals surface area contributed by atoms with Crippen molar-refractivity contribution in [3.05, 3.63) is 59.4 Å². The van der Waals surface area contributed by atoms with E-state index in [2.05, 4.69) is 15.0 Å². The molecule has 5 nitrogen and oxygen atoms in total. The highest BCUT2D eigenvalue weighted by Crippen LogP contribution is 2.36. The lowest BCUT2D eigenvalue weighted by molar-refractivity contribution is -0.274. The molecule has 2 aromatic rings. The first-order valence-corrected chi connectivity index (χ1v) is 9.50. The highest BCUT2D eigenvalue weighted by Gasteiger charge is 2.31. The molecule has 0 saturated heterocycles. The molecule has 0 aliphatic carbocycles. The maximum Gasteiger partial charge on any atom is 0.573 e.